The molecule has 2 aromatic rings. The summed E-state index contributed by atoms with van der Waals surface area (Å²) in [5.41, 5.74) is 1.13. The molecule has 168 valence electrons. The molecule has 1 unspecified atom stereocenters. The van der Waals surface area contributed by atoms with Gasteiger partial charge in [-0.3, -0.25) is 4.79 Å². The van der Waals surface area contributed by atoms with E-state index in [1.54, 1.807) is 24.3 Å². The highest BCUT2D eigenvalue weighted by atomic mass is 35.5. The molecule has 1 aliphatic heterocycles. The largest absolute Gasteiger partial charge is 0.492 e. The molecular formula is C23H29ClN2O4S. The minimum absolute atomic E-state index is 0.102. The number of benzene rings is 2. The van der Waals surface area contributed by atoms with Gasteiger partial charge < -0.3 is 10.1 Å². The lowest BCUT2D eigenvalue weighted by molar-refractivity contribution is -0.126. The number of rotatable bonds is 10. The third kappa shape index (κ3) is 7.52. The molecule has 1 saturated heterocycles. The molecule has 1 N–H and O–H groups in total. The zero-order valence-electron chi connectivity index (χ0n) is 17.5. The summed E-state index contributed by atoms with van der Waals surface area (Å²) in [4.78, 5) is 12.5. The van der Waals surface area contributed by atoms with Crippen LogP contribution in [0.25, 0.3) is 0 Å². The van der Waals surface area contributed by atoms with E-state index in [0.717, 1.165) is 12.0 Å². The molecule has 31 heavy (non-hydrogen) atoms. The van der Waals surface area contributed by atoms with Gasteiger partial charge in [-0.15, -0.1) is 0 Å². The maximum atomic E-state index is 12.7. The Bertz CT molecular complexity index is 936. The van der Waals surface area contributed by atoms with Gasteiger partial charge in [-0.1, -0.05) is 41.9 Å². The number of piperidine rings is 1. The number of nitrogens with zero attached hydrogens (tertiary/aromatic N) is 1. The van der Waals surface area contributed by atoms with E-state index in [1.807, 2.05) is 30.3 Å². The summed E-state index contributed by atoms with van der Waals surface area (Å²) in [6, 6.07) is 16.9. The quantitative estimate of drug-likeness (QED) is 0.546. The second kappa shape index (κ2) is 11.5. The highest BCUT2D eigenvalue weighted by Gasteiger charge is 2.31. The fourth-order valence-electron chi connectivity index (χ4n) is 3.66. The van der Waals surface area contributed by atoms with Crippen LogP contribution in [0, 0.1) is 5.92 Å². The van der Waals surface area contributed by atoms with Crippen LogP contribution >= 0.6 is 11.6 Å². The number of carbonyl (C=O) groups is 1. The van der Waals surface area contributed by atoms with Crippen LogP contribution in [0.3, 0.4) is 0 Å². The Kier molecular flexibility index (Phi) is 8.75. The molecule has 0 saturated carbocycles. The normalized spacial score (nSPS) is 17.3. The van der Waals surface area contributed by atoms with Crippen molar-refractivity contribution < 1.29 is 17.9 Å². The highest BCUT2D eigenvalue weighted by Crippen LogP contribution is 2.20. The van der Waals surface area contributed by atoms with Gasteiger partial charge in [0.1, 0.15) is 12.4 Å². The average Bonchev–Trinajstić information content (AvgIpc) is 2.78. The lowest BCUT2D eigenvalue weighted by Gasteiger charge is -2.31. The van der Waals surface area contributed by atoms with Gasteiger partial charge in [0, 0.05) is 18.1 Å². The molecule has 0 bridgehead atoms. The Morgan fingerprint density at radius 1 is 1.13 bits per heavy atom. The molecule has 0 aromatic heterocycles. The molecule has 1 aliphatic rings. The molecule has 1 atom stereocenters. The van der Waals surface area contributed by atoms with E-state index in [0.29, 0.717) is 49.7 Å². The summed E-state index contributed by atoms with van der Waals surface area (Å²) < 4.78 is 32.6. The number of nitrogens with one attached hydrogen (secondary N) is 1. The first kappa shape index (κ1) is 23.6. The molecule has 2 aromatic carbocycles. The van der Waals surface area contributed by atoms with Crippen molar-refractivity contribution in [2.45, 2.75) is 25.7 Å². The fraction of sp³-hybridized carbons (Fsp3) is 0.435. The lowest BCUT2D eigenvalue weighted by atomic mass is 9.99. The van der Waals surface area contributed by atoms with Crippen LogP contribution in [-0.4, -0.2) is 50.6 Å². The second-order valence-electron chi connectivity index (χ2n) is 7.70. The second-order valence-corrected chi connectivity index (χ2v) is 10.2. The summed E-state index contributed by atoms with van der Waals surface area (Å²) in [5.74, 6) is 0.340. The van der Waals surface area contributed by atoms with E-state index < -0.39 is 10.0 Å². The van der Waals surface area contributed by atoms with E-state index >= 15 is 0 Å². The van der Waals surface area contributed by atoms with Crippen molar-refractivity contribution in [2.24, 2.45) is 5.92 Å². The minimum Gasteiger partial charge on any atom is -0.492 e. The Morgan fingerprint density at radius 2 is 1.87 bits per heavy atom. The monoisotopic (exact) mass is 464 g/mol. The van der Waals surface area contributed by atoms with E-state index in [9.17, 15) is 13.2 Å². The molecule has 6 nitrogen and oxygen atoms in total. The first-order valence-corrected chi connectivity index (χ1v) is 12.6. The minimum atomic E-state index is -3.37. The number of sulfonamides is 1. The lowest BCUT2D eigenvalue weighted by Crippen LogP contribution is -2.46. The van der Waals surface area contributed by atoms with Crippen molar-refractivity contribution >= 4 is 27.5 Å². The Morgan fingerprint density at radius 3 is 2.61 bits per heavy atom. The van der Waals surface area contributed by atoms with Crippen molar-refractivity contribution in [1.82, 2.24) is 9.62 Å². The average molecular weight is 465 g/mol. The predicted molar refractivity (Wildman–Crippen MR) is 123 cm³/mol. The summed E-state index contributed by atoms with van der Waals surface area (Å²) in [5, 5.41) is 3.50. The smallest absolute Gasteiger partial charge is 0.224 e. The number of hydrogen-bond donors (Lipinski definition) is 1. The van der Waals surface area contributed by atoms with Gasteiger partial charge in [-0.05, 0) is 55.5 Å². The number of carbonyl (C=O) groups excluding carboxylic acids is 1. The first-order valence-electron chi connectivity index (χ1n) is 10.6. The van der Waals surface area contributed by atoms with E-state index in [1.165, 1.54) is 4.31 Å². The molecule has 0 radical (unpaired) electrons. The Labute approximate surface area is 189 Å². The van der Waals surface area contributed by atoms with Gasteiger partial charge in [-0.2, -0.15) is 0 Å². The molecule has 1 amide bonds. The van der Waals surface area contributed by atoms with Crippen LogP contribution in [0.15, 0.2) is 54.6 Å². The molecular weight excluding hydrogens is 436 g/mol. The zero-order valence-corrected chi connectivity index (χ0v) is 19.1. The SMILES string of the molecule is O=C(NCCOc1ccc(Cl)cc1)C1CCCN(S(=O)(=O)CCCc2ccccc2)C1. The molecule has 3 rings (SSSR count). The molecule has 8 heteroatoms. The van der Waals surface area contributed by atoms with E-state index in [2.05, 4.69) is 5.32 Å². The highest BCUT2D eigenvalue weighted by molar-refractivity contribution is 7.89. The van der Waals surface area contributed by atoms with Gasteiger partial charge in [0.05, 0.1) is 18.2 Å². The van der Waals surface area contributed by atoms with E-state index in [4.69, 9.17) is 16.3 Å². The summed E-state index contributed by atoms with van der Waals surface area (Å²) in [6.07, 6.45) is 2.68. The summed E-state index contributed by atoms with van der Waals surface area (Å²) >= 11 is 5.84. The van der Waals surface area contributed by atoms with Crippen molar-refractivity contribution in [3.05, 3.63) is 65.2 Å². The fourth-order valence-corrected chi connectivity index (χ4v) is 5.37. The van der Waals surface area contributed by atoms with Gasteiger partial charge in [0.25, 0.3) is 0 Å². The van der Waals surface area contributed by atoms with Crippen LogP contribution in [0.4, 0.5) is 0 Å². The third-order valence-electron chi connectivity index (χ3n) is 5.34. The standard InChI is InChI=1S/C23H29ClN2O4S/c24-21-10-12-22(13-11-21)30-16-14-25-23(27)20-9-4-15-26(18-20)31(28,29)17-5-8-19-6-2-1-3-7-19/h1-3,6-7,10-13,20H,4-5,8-9,14-18H2,(H,25,27). The number of hydrogen-bond acceptors (Lipinski definition) is 4. The van der Waals surface area contributed by atoms with Crippen LogP contribution in [0.2, 0.25) is 5.02 Å². The molecule has 1 fully saturated rings. The third-order valence-corrected chi connectivity index (χ3v) is 7.52. The van der Waals surface area contributed by atoms with Gasteiger partial charge in [0.2, 0.25) is 15.9 Å². The number of halogens is 1. The van der Waals surface area contributed by atoms with Crippen LogP contribution < -0.4 is 10.1 Å². The van der Waals surface area contributed by atoms with Gasteiger partial charge in [0.15, 0.2) is 0 Å². The predicted octanol–water partition coefficient (Wildman–Crippen LogP) is 3.51. The number of amides is 1. The van der Waals surface area contributed by atoms with Crippen LogP contribution in [0.1, 0.15) is 24.8 Å². The molecule has 0 aliphatic carbocycles. The Balaban J connectivity index is 1.40. The molecule has 0 spiro atoms. The van der Waals surface area contributed by atoms with Crippen LogP contribution in [0.5, 0.6) is 5.75 Å². The summed E-state index contributed by atoms with van der Waals surface area (Å²) in [6.45, 7) is 1.43. The van der Waals surface area contributed by atoms with Crippen molar-refractivity contribution in [2.75, 3.05) is 32.0 Å². The van der Waals surface area contributed by atoms with Crippen molar-refractivity contribution in [3.63, 3.8) is 0 Å². The van der Waals surface area contributed by atoms with Gasteiger partial charge in [-0.25, -0.2) is 12.7 Å². The number of ether oxygens (including phenoxy) is 1. The van der Waals surface area contributed by atoms with Crippen molar-refractivity contribution in [1.29, 1.82) is 0 Å². The molecule has 1 heterocycles. The maximum absolute atomic E-state index is 12.7. The van der Waals surface area contributed by atoms with Crippen molar-refractivity contribution in [3.8, 4) is 5.75 Å². The summed E-state index contributed by atoms with van der Waals surface area (Å²) in [7, 11) is -3.37. The van der Waals surface area contributed by atoms with Crippen LogP contribution in [-0.2, 0) is 21.2 Å². The van der Waals surface area contributed by atoms with E-state index in [-0.39, 0.29) is 24.1 Å². The zero-order chi connectivity index (χ0) is 22.1. The first-order chi connectivity index (χ1) is 14.9. The maximum Gasteiger partial charge on any atom is 0.224 e. The number of aryl methyl sites for hydroxylation is 1. The Hall–Kier alpha value is -2.09. The topological polar surface area (TPSA) is 75.7 Å². The van der Waals surface area contributed by atoms with Gasteiger partial charge >= 0.3 is 0 Å².